The molecule has 10 aromatic rings. The topological polar surface area (TPSA) is 31.8 Å². The molecule has 0 fully saturated rings. The molecular formula is C64H49N4OPtSi-3. The van der Waals surface area contributed by atoms with Gasteiger partial charge < -0.3 is 19.4 Å². The van der Waals surface area contributed by atoms with Gasteiger partial charge in [0.1, 0.15) is 13.9 Å². The smallest absolute Gasteiger partial charge is 0.135 e. The van der Waals surface area contributed by atoms with Gasteiger partial charge in [-0.05, 0) is 57.6 Å². The minimum absolute atomic E-state index is 0. The number of ether oxygens (including phenoxy) is 1. The average molecular weight is 1120 g/mol. The Balaban J connectivity index is 0.00000690. The zero-order valence-corrected chi connectivity index (χ0v) is 42.1. The fraction of sp³-hybridized carbons (Fsp3) is 0.0625. The van der Waals surface area contributed by atoms with Crippen LogP contribution in [0.2, 0.25) is 0 Å². The molecule has 0 aliphatic carbocycles. The van der Waals surface area contributed by atoms with Crippen molar-refractivity contribution < 1.29 is 39.5 Å². The number of hydrogen-bond acceptors (Lipinski definition) is 5. The molecule has 0 unspecified atom stereocenters. The summed E-state index contributed by atoms with van der Waals surface area (Å²) in [4.78, 5) is 10.9. The molecule has 348 valence electrons. The molecule has 5 nitrogen and oxygen atoms in total. The Morgan fingerprint density at radius 3 is 1.75 bits per heavy atom. The number of fused-ring (bicyclic) bond motifs is 3. The van der Waals surface area contributed by atoms with Gasteiger partial charge in [0.05, 0.1) is 13.7 Å². The van der Waals surface area contributed by atoms with E-state index >= 15 is 0 Å². The van der Waals surface area contributed by atoms with Crippen molar-refractivity contribution >= 4 is 68.8 Å². The number of pyridine rings is 1. The molecule has 0 saturated carbocycles. The quantitative estimate of drug-likeness (QED) is 0.106. The van der Waals surface area contributed by atoms with Gasteiger partial charge in [0.2, 0.25) is 0 Å². The van der Waals surface area contributed by atoms with Gasteiger partial charge in [-0.15, -0.1) is 47.9 Å². The third kappa shape index (κ3) is 8.07. The van der Waals surface area contributed by atoms with E-state index < -0.39 is 68.5 Å². The first-order chi connectivity index (χ1) is 38.5. The summed E-state index contributed by atoms with van der Waals surface area (Å²) >= 11 is 0. The van der Waals surface area contributed by atoms with Crippen LogP contribution in [0.5, 0.6) is 11.5 Å². The maximum atomic E-state index is 9.10. The van der Waals surface area contributed by atoms with Crippen LogP contribution in [-0.4, -0.2) is 13.1 Å². The molecule has 0 saturated heterocycles. The first kappa shape index (κ1) is 35.4. The molecule has 12 rings (SSSR count). The van der Waals surface area contributed by atoms with E-state index in [9.17, 15) is 0 Å². The van der Waals surface area contributed by atoms with Crippen molar-refractivity contribution in [3.05, 3.63) is 261 Å². The van der Waals surface area contributed by atoms with E-state index in [-0.39, 0.29) is 54.4 Å². The first-order valence-corrected chi connectivity index (χ1v) is 25.0. The molecule has 1 aromatic heterocycles. The Morgan fingerprint density at radius 1 is 0.549 bits per heavy atom. The van der Waals surface area contributed by atoms with Gasteiger partial charge in [0.15, 0.2) is 0 Å². The molecule has 0 atom stereocenters. The van der Waals surface area contributed by atoms with Gasteiger partial charge in [0.25, 0.3) is 0 Å². The normalized spacial score (nSPS) is 15.4. The number of anilines is 7. The maximum Gasteiger partial charge on any atom is 0.135 e. The molecule has 0 bridgehead atoms. The van der Waals surface area contributed by atoms with Gasteiger partial charge >= 0.3 is 0 Å². The monoisotopic (exact) mass is 1120 g/mol. The molecule has 71 heavy (non-hydrogen) atoms. The van der Waals surface area contributed by atoms with Crippen molar-refractivity contribution in [1.29, 1.82) is 0 Å². The van der Waals surface area contributed by atoms with Crippen molar-refractivity contribution in [2.24, 2.45) is 0 Å². The molecule has 3 heterocycles. The van der Waals surface area contributed by atoms with Crippen LogP contribution in [0.15, 0.2) is 236 Å². The number of para-hydroxylation sites is 4. The first-order valence-electron chi connectivity index (χ1n) is 28.0. The summed E-state index contributed by atoms with van der Waals surface area (Å²) in [7, 11) is -3.07. The van der Waals surface area contributed by atoms with E-state index in [4.69, 9.17) is 23.4 Å². The summed E-state index contributed by atoms with van der Waals surface area (Å²) in [5.41, 5.74) is 4.86. The number of hydrogen-bond donors (Lipinski definition) is 0. The summed E-state index contributed by atoms with van der Waals surface area (Å²) in [5, 5.41) is 4.75. The van der Waals surface area contributed by atoms with E-state index in [2.05, 4.69) is 141 Å². The number of aromatic nitrogens is 1. The van der Waals surface area contributed by atoms with Crippen molar-refractivity contribution in [1.82, 2.24) is 4.98 Å². The van der Waals surface area contributed by atoms with Crippen LogP contribution in [0, 0.1) is 18.8 Å². The Bertz CT molecular complexity index is 3940. The zero-order chi connectivity index (χ0) is 55.9. The predicted molar refractivity (Wildman–Crippen MR) is 291 cm³/mol. The van der Waals surface area contributed by atoms with Gasteiger partial charge in [0, 0.05) is 72.6 Å². The van der Waals surface area contributed by atoms with Crippen LogP contribution in [0.25, 0.3) is 22.3 Å². The van der Waals surface area contributed by atoms with E-state index in [0.29, 0.717) is 28.6 Å². The van der Waals surface area contributed by atoms with Crippen LogP contribution in [-0.2, 0) is 26.5 Å². The van der Waals surface area contributed by atoms with Crippen molar-refractivity contribution in [3.8, 4) is 33.8 Å². The van der Waals surface area contributed by atoms with Gasteiger partial charge in [-0.25, -0.2) is 4.98 Å². The number of nitrogens with zero attached hydrogens (tertiary/aromatic N) is 4. The van der Waals surface area contributed by atoms with Gasteiger partial charge in [-0.2, -0.15) is 12.1 Å². The average Bonchev–Trinajstić information content (AvgIpc) is 3.74. The summed E-state index contributed by atoms with van der Waals surface area (Å²) in [5.74, 6) is 1.54. The van der Waals surface area contributed by atoms with Crippen LogP contribution < -0.4 is 40.2 Å². The fourth-order valence-electron chi connectivity index (χ4n) is 9.88. The molecule has 0 N–H and O–H groups in total. The molecule has 9 aromatic carbocycles. The van der Waals surface area contributed by atoms with Crippen molar-refractivity contribution in [2.45, 2.75) is 26.2 Å². The fourth-order valence-corrected chi connectivity index (χ4v) is 14.9. The molecule has 0 radical (unpaired) electrons. The maximum absolute atomic E-state index is 9.10. The van der Waals surface area contributed by atoms with E-state index in [1.807, 2.05) is 59.6 Å². The second kappa shape index (κ2) is 18.9. The third-order valence-corrected chi connectivity index (χ3v) is 17.8. The molecule has 2 aliphatic rings. The predicted octanol–water partition coefficient (Wildman–Crippen LogP) is 13.7. The van der Waals surface area contributed by atoms with E-state index in [1.54, 1.807) is 29.8 Å². The second-order valence-corrected chi connectivity index (χ2v) is 21.9. The van der Waals surface area contributed by atoms with Crippen molar-refractivity contribution in [2.75, 3.05) is 14.7 Å². The Hall–Kier alpha value is -7.76. The van der Waals surface area contributed by atoms with Gasteiger partial charge in [-0.3, -0.25) is 0 Å². The van der Waals surface area contributed by atoms with Crippen LogP contribution in [0.1, 0.15) is 40.0 Å². The standard InChI is InChI=1S/C64H49N4OSi.Pt/c1-64(2,3)48-40-41-65-62(42-48)68-58-36-18-19-37-60(58)70(52-28-12-6-13-29-52,53-30-14-7-15-31-53)61-39-38-51(44-59(61)68)69-50-27-20-26-49(43-50)66-45-67(57-35-17-16-34-56(57)66)63-54(46-22-8-4-9-23-46)32-21-33-55(63)47-24-10-5-11-25-47;/h4-42,45H,1-3H3;/q-3;/i4D,5D,8D,9D,10D,11D,22D,23D,24D,25D;. The molecule has 7 heteroatoms. The number of benzene rings is 9. The summed E-state index contributed by atoms with van der Waals surface area (Å²) in [6, 6.07) is 58.3. The Kier molecular flexibility index (Phi) is 9.39. The Labute approximate surface area is 446 Å². The largest absolute Gasteiger partial charge is 0.509 e. The molecule has 0 spiro atoms. The molecular weight excluding hydrogens is 1060 g/mol. The van der Waals surface area contributed by atoms with E-state index in [1.165, 1.54) is 15.6 Å². The SMILES string of the molecule is [2H]c1c([2H])c([2H])c(-c2cccc(-c3c([2H])c([2H])c([2H])c([2H])c3[2H])c2N2[CH-]N(c3[c-]c(Oc4[c-]c5c(cc4)[Si](c4ccccc4)(c4ccccc4)c4ccccc4N5c4cc(C(C)(C)C)ccn4)ccc3)c3ccccc32)c([2H])c1[2H].[Pt]. The van der Waals surface area contributed by atoms with Crippen LogP contribution in [0.3, 0.4) is 0 Å². The number of rotatable bonds is 9. The Morgan fingerprint density at radius 2 is 1.11 bits per heavy atom. The summed E-state index contributed by atoms with van der Waals surface area (Å²) in [6.07, 6.45) is 1.87. The third-order valence-electron chi connectivity index (χ3n) is 13.0. The molecule has 2 aliphatic heterocycles. The minimum atomic E-state index is -3.07. The minimum Gasteiger partial charge on any atom is -0.509 e. The van der Waals surface area contributed by atoms with Gasteiger partial charge in [-0.1, -0.05) is 206 Å². The van der Waals surface area contributed by atoms with Crippen LogP contribution in [0.4, 0.5) is 39.9 Å². The zero-order valence-electron chi connectivity index (χ0n) is 48.8. The van der Waals surface area contributed by atoms with Crippen molar-refractivity contribution in [3.63, 3.8) is 0 Å². The summed E-state index contributed by atoms with van der Waals surface area (Å²) < 4.78 is 94.6. The molecule has 0 amide bonds. The van der Waals surface area contributed by atoms with Crippen LogP contribution >= 0.6 is 0 Å². The summed E-state index contributed by atoms with van der Waals surface area (Å²) in [6.45, 7) is 8.33. The van der Waals surface area contributed by atoms with E-state index in [0.717, 1.165) is 27.9 Å². The second-order valence-electron chi connectivity index (χ2n) is 18.1.